The van der Waals surface area contributed by atoms with Gasteiger partial charge in [-0.2, -0.15) is 0 Å². The van der Waals surface area contributed by atoms with Crippen molar-refractivity contribution >= 4 is 46.6 Å². The fourth-order valence-corrected chi connectivity index (χ4v) is 17.8. The Morgan fingerprint density at radius 2 is 0.389 bits per heavy atom. The second-order valence-corrected chi connectivity index (χ2v) is 23.0. The third-order valence-electron chi connectivity index (χ3n) is 10.1. The predicted octanol–water partition coefficient (Wildman–Crippen LogP) is 10.6. The van der Waals surface area contributed by atoms with E-state index in [1.165, 1.54) is 0 Å². The molecule has 6 aromatic rings. The standard InChI is InChI=1S/C39H4F30Ge2O/c40-5-3(6(41)10(45)13(48)9(5)44)39(4-7(42)11(46)14(49)12(47)8(4)43,72-71(37-31(66)23(58)17(52)24(59)32(37)67)38-33(68)25(60)18(53)26(61)34(38)69)1-2-70(35-27(62)19(54)15(50)20(55)28(35)63)36-29(64)21(56)16(51)22(57)30(36)65/h1-2H2. The van der Waals surface area contributed by atoms with Crippen molar-refractivity contribution < 1.29 is 135 Å². The number of hydrogen-bond acceptors (Lipinski definition) is 1. The van der Waals surface area contributed by atoms with Crippen molar-refractivity contribution in [3.8, 4) is 0 Å². The zero-order valence-electron chi connectivity index (χ0n) is 32.7. The molecule has 0 saturated carbocycles. The van der Waals surface area contributed by atoms with Gasteiger partial charge in [-0.25, -0.2) is 0 Å². The van der Waals surface area contributed by atoms with Gasteiger partial charge in [0.1, 0.15) is 0 Å². The fourth-order valence-electron chi connectivity index (χ4n) is 6.87. The first kappa shape index (κ1) is 55.6. The van der Waals surface area contributed by atoms with Gasteiger partial charge in [0.15, 0.2) is 0 Å². The molecular formula is C39H4F30Ge2O. The molecule has 0 aliphatic carbocycles. The van der Waals surface area contributed by atoms with Crippen molar-refractivity contribution in [2.75, 3.05) is 0 Å². The third kappa shape index (κ3) is 8.19. The molecule has 0 saturated heterocycles. The molecule has 6 aromatic carbocycles. The van der Waals surface area contributed by atoms with E-state index < -0.39 is 250 Å². The summed E-state index contributed by atoms with van der Waals surface area (Å²) in [6.07, 6.45) is -3.33. The van der Waals surface area contributed by atoms with Gasteiger partial charge in [-0.3, -0.25) is 0 Å². The molecule has 0 atom stereocenters. The molecule has 1 nitrogen and oxygen atoms in total. The molecule has 0 spiro atoms. The molecule has 0 aromatic heterocycles. The maximum atomic E-state index is 16.4. The molecule has 0 amide bonds. The molecule has 0 bridgehead atoms. The molecular weight excluding hydrogens is 1200 g/mol. The topological polar surface area (TPSA) is 9.23 Å². The van der Waals surface area contributed by atoms with E-state index in [0.717, 1.165) is 0 Å². The van der Waals surface area contributed by atoms with Gasteiger partial charge in [0.05, 0.1) is 0 Å². The molecule has 33 heteroatoms. The zero-order valence-corrected chi connectivity index (χ0v) is 36.9. The zero-order chi connectivity index (χ0) is 54.6. The number of rotatable bonds is 11. The summed E-state index contributed by atoms with van der Waals surface area (Å²) in [5.74, 6) is -107. The summed E-state index contributed by atoms with van der Waals surface area (Å²) in [6.45, 7) is 0. The minimum atomic E-state index is -7.91. The number of hydrogen-bond donors (Lipinski definition) is 0. The Balaban J connectivity index is 1.97. The molecule has 72 heavy (non-hydrogen) atoms. The normalized spacial score (nSPS) is 12.2. The summed E-state index contributed by atoms with van der Waals surface area (Å²) < 4.78 is 450. The van der Waals surface area contributed by atoms with Crippen LogP contribution in [-0.2, 0) is 9.36 Å². The Hall–Kier alpha value is -5.73. The van der Waals surface area contributed by atoms with Crippen LogP contribution in [0.4, 0.5) is 132 Å². The maximum absolute atomic E-state index is 16.4. The van der Waals surface area contributed by atoms with Gasteiger partial charge < -0.3 is 0 Å². The first-order chi connectivity index (χ1) is 33.3. The second-order valence-electron chi connectivity index (χ2n) is 13.9. The van der Waals surface area contributed by atoms with Crippen LogP contribution in [0, 0.1) is 175 Å². The molecule has 0 aliphatic rings. The van der Waals surface area contributed by atoms with E-state index in [1.54, 1.807) is 0 Å². The van der Waals surface area contributed by atoms with Crippen LogP contribution in [-0.4, -0.2) is 29.0 Å². The predicted molar refractivity (Wildman–Crippen MR) is 179 cm³/mol. The van der Waals surface area contributed by atoms with E-state index in [9.17, 15) is 61.5 Å². The van der Waals surface area contributed by atoms with Gasteiger partial charge in [-0.1, -0.05) is 0 Å². The van der Waals surface area contributed by atoms with E-state index in [0.29, 0.717) is 0 Å². The quantitative estimate of drug-likeness (QED) is 0.0544. The fraction of sp³-hybridized carbons (Fsp3) is 0.0769. The van der Waals surface area contributed by atoms with Crippen molar-refractivity contribution in [3.05, 3.63) is 186 Å². The van der Waals surface area contributed by atoms with E-state index in [-0.39, 0.29) is 0 Å². The van der Waals surface area contributed by atoms with Crippen molar-refractivity contribution in [1.29, 1.82) is 0 Å². The van der Waals surface area contributed by atoms with E-state index in [4.69, 9.17) is 3.76 Å². The summed E-state index contributed by atoms with van der Waals surface area (Å²) in [4.78, 5) is 0. The summed E-state index contributed by atoms with van der Waals surface area (Å²) >= 11 is -14.9. The van der Waals surface area contributed by atoms with E-state index >= 15 is 70.2 Å². The van der Waals surface area contributed by atoms with Crippen LogP contribution >= 0.6 is 0 Å². The van der Waals surface area contributed by atoms with Gasteiger partial charge in [0.2, 0.25) is 0 Å². The summed E-state index contributed by atoms with van der Waals surface area (Å²) in [5.41, 5.74) is -13.2. The molecule has 384 valence electrons. The third-order valence-corrected chi connectivity index (χ3v) is 21.0. The molecule has 0 heterocycles. The van der Waals surface area contributed by atoms with Crippen molar-refractivity contribution in [1.82, 2.24) is 0 Å². The molecule has 2 radical (unpaired) electrons. The van der Waals surface area contributed by atoms with Crippen molar-refractivity contribution in [3.63, 3.8) is 0 Å². The van der Waals surface area contributed by atoms with Gasteiger partial charge in [0, 0.05) is 0 Å². The summed E-state index contributed by atoms with van der Waals surface area (Å²) in [5, 5.41) is -2.92. The summed E-state index contributed by atoms with van der Waals surface area (Å²) in [6, 6.07) is 0. The minimum absolute atomic E-state index is 2.89. The molecule has 0 N–H and O–H groups in total. The molecule has 0 aliphatic heterocycles. The van der Waals surface area contributed by atoms with Crippen LogP contribution < -0.4 is 17.6 Å². The van der Waals surface area contributed by atoms with Crippen LogP contribution in [0.5, 0.6) is 0 Å². The van der Waals surface area contributed by atoms with Crippen molar-refractivity contribution in [2.24, 2.45) is 0 Å². The van der Waals surface area contributed by atoms with Crippen LogP contribution in [0.15, 0.2) is 0 Å². The van der Waals surface area contributed by atoms with E-state index in [2.05, 4.69) is 0 Å². The number of benzene rings is 6. The average Bonchev–Trinajstić information content (AvgIpc) is 3.35. The van der Waals surface area contributed by atoms with Crippen LogP contribution in [0.25, 0.3) is 0 Å². The first-order valence-corrected chi connectivity index (χ1v) is 24.3. The van der Waals surface area contributed by atoms with E-state index in [1.807, 2.05) is 0 Å². The average molecular weight is 1200 g/mol. The van der Waals surface area contributed by atoms with Crippen LogP contribution in [0.2, 0.25) is 5.25 Å². The Bertz CT molecular complexity index is 2940. The van der Waals surface area contributed by atoms with Crippen molar-refractivity contribution in [2.45, 2.75) is 17.3 Å². The van der Waals surface area contributed by atoms with Gasteiger partial charge in [0.25, 0.3) is 0 Å². The monoisotopic (exact) mass is 1210 g/mol. The second kappa shape index (κ2) is 19.6. The number of halogens is 30. The van der Waals surface area contributed by atoms with Crippen LogP contribution in [0.1, 0.15) is 17.5 Å². The van der Waals surface area contributed by atoms with Gasteiger partial charge in [-0.15, -0.1) is 0 Å². The summed E-state index contributed by atoms with van der Waals surface area (Å²) in [7, 11) is 0. The Kier molecular flexibility index (Phi) is 15.1. The molecule has 0 fully saturated rings. The molecule has 6 rings (SSSR count). The molecule has 0 unspecified atom stereocenters. The SMILES string of the molecule is Fc1c(F)c(F)[c]([Ge]([CH2]CC([O][Ge]([c]2c(F)c(F)c(F)c(F)c2F)[c]2c(F)c(F)c(F)c(F)c2F)(c2c(F)c(F)c(F)c(F)c2F)c2c(F)c(F)c(F)c(F)c2F)[c]2c(F)c(F)c(F)c(F)c2F)c(F)c1F. The Labute approximate surface area is 384 Å². The Morgan fingerprint density at radius 3 is 0.597 bits per heavy atom. The first-order valence-electron chi connectivity index (χ1n) is 17.8. The van der Waals surface area contributed by atoms with Crippen LogP contribution in [0.3, 0.4) is 0 Å². The van der Waals surface area contributed by atoms with Gasteiger partial charge >= 0.3 is 385 Å². The van der Waals surface area contributed by atoms with Gasteiger partial charge in [-0.05, 0) is 0 Å². The Morgan fingerprint density at radius 1 is 0.222 bits per heavy atom.